The van der Waals surface area contributed by atoms with Gasteiger partial charge in [0.15, 0.2) is 0 Å². The Morgan fingerprint density at radius 1 is 1.18 bits per heavy atom. The summed E-state index contributed by atoms with van der Waals surface area (Å²) >= 11 is 3.44. The molecule has 3 aromatic rings. The molecule has 7 heteroatoms. The summed E-state index contributed by atoms with van der Waals surface area (Å²) in [5.41, 5.74) is 3.50. The van der Waals surface area contributed by atoms with E-state index >= 15 is 0 Å². The zero-order chi connectivity index (χ0) is 15.9. The molecule has 2 heterocycles. The number of aryl methyl sites for hydroxylation is 3. The van der Waals surface area contributed by atoms with Gasteiger partial charge >= 0.3 is 0 Å². The lowest BCUT2D eigenvalue weighted by Crippen LogP contribution is -2.14. The summed E-state index contributed by atoms with van der Waals surface area (Å²) < 4.78 is 2.49. The monoisotopic (exact) mass is 359 g/mol. The van der Waals surface area contributed by atoms with E-state index in [1.807, 2.05) is 45.0 Å². The lowest BCUT2D eigenvalue weighted by atomic mass is 10.2. The number of fused-ring (bicyclic) bond motifs is 1. The normalized spacial score (nSPS) is 10.9. The van der Waals surface area contributed by atoms with Crippen LogP contribution < -0.4 is 5.32 Å². The molecule has 0 aliphatic heterocycles. The van der Waals surface area contributed by atoms with Crippen molar-refractivity contribution in [2.24, 2.45) is 0 Å². The molecule has 0 saturated carbocycles. The first-order valence-electron chi connectivity index (χ1n) is 6.72. The van der Waals surface area contributed by atoms with Crippen molar-refractivity contribution in [3.63, 3.8) is 0 Å². The number of nitrogens with zero attached hydrogens (tertiary/aromatic N) is 4. The van der Waals surface area contributed by atoms with Crippen LogP contribution in [0.25, 0.3) is 5.78 Å². The van der Waals surface area contributed by atoms with Gasteiger partial charge in [-0.2, -0.15) is 4.98 Å². The number of nitrogens with one attached hydrogen (secondary N) is 1. The number of amides is 1. The van der Waals surface area contributed by atoms with Gasteiger partial charge in [0.2, 0.25) is 5.82 Å². The van der Waals surface area contributed by atoms with Crippen LogP contribution in [0.4, 0.5) is 5.69 Å². The fourth-order valence-corrected chi connectivity index (χ4v) is 2.50. The maximum atomic E-state index is 12.3. The van der Waals surface area contributed by atoms with Crippen molar-refractivity contribution in [2.45, 2.75) is 20.8 Å². The summed E-state index contributed by atoms with van der Waals surface area (Å²) in [4.78, 5) is 20.7. The van der Waals surface area contributed by atoms with Crippen molar-refractivity contribution >= 4 is 33.3 Å². The smallest absolute Gasteiger partial charge is 0.295 e. The van der Waals surface area contributed by atoms with Gasteiger partial charge < -0.3 is 5.32 Å². The van der Waals surface area contributed by atoms with E-state index in [2.05, 4.69) is 36.3 Å². The van der Waals surface area contributed by atoms with Crippen LogP contribution in [0, 0.1) is 20.8 Å². The predicted molar refractivity (Wildman–Crippen MR) is 87.1 cm³/mol. The summed E-state index contributed by atoms with van der Waals surface area (Å²) in [6.45, 7) is 5.76. The first kappa shape index (κ1) is 14.6. The van der Waals surface area contributed by atoms with E-state index in [0.29, 0.717) is 11.5 Å². The van der Waals surface area contributed by atoms with Gasteiger partial charge in [-0.05, 0) is 44.5 Å². The van der Waals surface area contributed by atoms with Crippen molar-refractivity contribution in [3.05, 3.63) is 51.5 Å². The van der Waals surface area contributed by atoms with Crippen molar-refractivity contribution in [1.29, 1.82) is 0 Å². The average Bonchev–Trinajstić information content (AvgIpc) is 2.87. The number of carbonyl (C=O) groups is 1. The van der Waals surface area contributed by atoms with Crippen LogP contribution >= 0.6 is 15.9 Å². The highest BCUT2D eigenvalue weighted by atomic mass is 79.9. The molecule has 1 N–H and O–H groups in total. The third kappa shape index (κ3) is 2.71. The van der Waals surface area contributed by atoms with Crippen LogP contribution in [0.15, 0.2) is 28.7 Å². The number of rotatable bonds is 2. The second-order valence-electron chi connectivity index (χ2n) is 5.10. The second kappa shape index (κ2) is 5.49. The Balaban J connectivity index is 1.91. The Morgan fingerprint density at radius 2 is 1.95 bits per heavy atom. The van der Waals surface area contributed by atoms with E-state index in [4.69, 9.17) is 0 Å². The summed E-state index contributed by atoms with van der Waals surface area (Å²) in [6, 6.07) is 7.49. The van der Waals surface area contributed by atoms with Crippen LogP contribution in [0.1, 0.15) is 27.6 Å². The molecule has 1 amide bonds. The Morgan fingerprint density at radius 3 is 2.68 bits per heavy atom. The molecule has 0 fully saturated rings. The van der Waals surface area contributed by atoms with E-state index < -0.39 is 0 Å². The molecule has 3 rings (SSSR count). The summed E-state index contributed by atoms with van der Waals surface area (Å²) in [7, 11) is 0. The van der Waals surface area contributed by atoms with Crippen LogP contribution in [0.3, 0.4) is 0 Å². The van der Waals surface area contributed by atoms with Gasteiger partial charge in [-0.15, -0.1) is 5.10 Å². The lowest BCUT2D eigenvalue weighted by Gasteiger charge is -2.04. The number of carbonyl (C=O) groups excluding carboxylic acids is 1. The molecule has 6 nitrogen and oxygen atoms in total. The van der Waals surface area contributed by atoms with Crippen molar-refractivity contribution < 1.29 is 4.79 Å². The van der Waals surface area contributed by atoms with Gasteiger partial charge in [0.25, 0.3) is 11.7 Å². The molecule has 0 bridgehead atoms. The quantitative estimate of drug-likeness (QED) is 0.763. The zero-order valence-corrected chi connectivity index (χ0v) is 14.0. The summed E-state index contributed by atoms with van der Waals surface area (Å²) in [5.74, 6) is 0.156. The molecule has 0 atom stereocenters. The van der Waals surface area contributed by atoms with Crippen LogP contribution in [0.5, 0.6) is 0 Å². The standard InChI is InChI=1S/C15H14BrN5O/c1-8-4-5-11(7-12(8)16)18-14(22)13-19-15-17-9(2)6-10(3)21(15)20-13/h4-7H,1-3H3,(H,18,22). The van der Waals surface area contributed by atoms with Crippen LogP contribution in [0.2, 0.25) is 0 Å². The summed E-state index contributed by atoms with van der Waals surface area (Å²) in [6.07, 6.45) is 0. The molecule has 0 radical (unpaired) electrons. The molecule has 22 heavy (non-hydrogen) atoms. The Bertz CT molecular complexity index is 887. The van der Waals surface area contributed by atoms with E-state index in [1.165, 1.54) is 0 Å². The highest BCUT2D eigenvalue weighted by Gasteiger charge is 2.15. The molecule has 0 spiro atoms. The number of benzene rings is 1. The molecule has 0 aliphatic carbocycles. The van der Waals surface area contributed by atoms with Crippen molar-refractivity contribution in [1.82, 2.24) is 19.6 Å². The molecule has 0 aliphatic rings. The summed E-state index contributed by atoms with van der Waals surface area (Å²) in [5, 5.41) is 6.99. The first-order chi connectivity index (χ1) is 10.4. The fraction of sp³-hybridized carbons (Fsp3) is 0.200. The topological polar surface area (TPSA) is 72.2 Å². The van der Waals surface area contributed by atoms with Crippen molar-refractivity contribution in [3.8, 4) is 0 Å². The predicted octanol–water partition coefficient (Wildman–Crippen LogP) is 3.06. The molecular formula is C15H14BrN5O. The molecule has 2 aromatic heterocycles. The number of anilines is 1. The Hall–Kier alpha value is -2.28. The molecule has 0 unspecified atom stereocenters. The van der Waals surface area contributed by atoms with Gasteiger partial charge in [-0.25, -0.2) is 9.50 Å². The highest BCUT2D eigenvalue weighted by molar-refractivity contribution is 9.10. The van der Waals surface area contributed by atoms with E-state index in [-0.39, 0.29) is 11.7 Å². The maximum absolute atomic E-state index is 12.3. The third-order valence-electron chi connectivity index (χ3n) is 3.25. The van der Waals surface area contributed by atoms with E-state index in [1.54, 1.807) is 4.52 Å². The number of halogens is 1. The lowest BCUT2D eigenvalue weighted by molar-refractivity contribution is 0.101. The molecule has 112 valence electrons. The van der Waals surface area contributed by atoms with Gasteiger partial charge in [-0.3, -0.25) is 4.79 Å². The average molecular weight is 360 g/mol. The Labute approximate surface area is 135 Å². The maximum Gasteiger partial charge on any atom is 0.295 e. The molecular weight excluding hydrogens is 346 g/mol. The molecule has 1 aromatic carbocycles. The van der Waals surface area contributed by atoms with Crippen LogP contribution in [-0.2, 0) is 0 Å². The highest BCUT2D eigenvalue weighted by Crippen LogP contribution is 2.21. The largest absolute Gasteiger partial charge is 0.319 e. The van der Waals surface area contributed by atoms with E-state index in [9.17, 15) is 4.79 Å². The number of aromatic nitrogens is 4. The molecule has 0 saturated heterocycles. The minimum atomic E-state index is -0.363. The minimum absolute atomic E-state index is 0.0953. The number of hydrogen-bond acceptors (Lipinski definition) is 4. The zero-order valence-electron chi connectivity index (χ0n) is 12.4. The van der Waals surface area contributed by atoms with Gasteiger partial charge in [-0.1, -0.05) is 22.0 Å². The van der Waals surface area contributed by atoms with Crippen molar-refractivity contribution in [2.75, 3.05) is 5.32 Å². The first-order valence-corrected chi connectivity index (χ1v) is 7.52. The Kier molecular flexibility index (Phi) is 3.66. The second-order valence-corrected chi connectivity index (χ2v) is 5.96. The third-order valence-corrected chi connectivity index (χ3v) is 4.11. The minimum Gasteiger partial charge on any atom is -0.319 e. The van der Waals surface area contributed by atoms with Gasteiger partial charge in [0.05, 0.1) is 0 Å². The van der Waals surface area contributed by atoms with E-state index in [0.717, 1.165) is 21.4 Å². The van der Waals surface area contributed by atoms with Gasteiger partial charge in [0.1, 0.15) is 0 Å². The SMILES string of the molecule is Cc1cc(C)n2nc(C(=O)Nc3ccc(C)c(Br)c3)nc2n1. The van der Waals surface area contributed by atoms with Gasteiger partial charge in [0, 0.05) is 21.5 Å². The number of hydrogen-bond donors (Lipinski definition) is 1. The van der Waals surface area contributed by atoms with Crippen LogP contribution in [-0.4, -0.2) is 25.5 Å². The fourth-order valence-electron chi connectivity index (χ4n) is 2.12.